The Labute approximate surface area is 93.1 Å². The molecule has 0 bridgehead atoms. The maximum atomic E-state index is 11.4. The average molecular weight is 228 g/mol. The molecule has 1 aromatic heterocycles. The molecular weight excluding hydrogens is 212 g/mol. The van der Waals surface area contributed by atoms with Crippen molar-refractivity contribution in [2.75, 3.05) is 5.32 Å². The summed E-state index contributed by atoms with van der Waals surface area (Å²) in [5.74, 6) is 0.309. The smallest absolute Gasteiger partial charge is 0.226 e. The Morgan fingerprint density at radius 1 is 1.47 bits per heavy atom. The fourth-order valence-corrected chi connectivity index (χ4v) is 1.72. The van der Waals surface area contributed by atoms with Gasteiger partial charge in [0.05, 0.1) is 6.04 Å². The summed E-state index contributed by atoms with van der Waals surface area (Å²) < 4.78 is 0. The number of rotatable bonds is 4. The topological polar surface area (TPSA) is 80.9 Å². The van der Waals surface area contributed by atoms with E-state index in [1.807, 2.05) is 20.8 Å². The number of anilines is 1. The van der Waals surface area contributed by atoms with Gasteiger partial charge < -0.3 is 11.1 Å². The summed E-state index contributed by atoms with van der Waals surface area (Å²) in [6.07, 6.45) is 0.493. The van der Waals surface area contributed by atoms with Crippen molar-refractivity contribution in [3.05, 3.63) is 5.01 Å². The highest BCUT2D eigenvalue weighted by molar-refractivity contribution is 7.15. The van der Waals surface area contributed by atoms with Crippen LogP contribution in [0.15, 0.2) is 0 Å². The number of carbonyl (C=O) groups is 1. The molecule has 1 unspecified atom stereocenters. The van der Waals surface area contributed by atoms with Gasteiger partial charge in [0.15, 0.2) is 0 Å². The van der Waals surface area contributed by atoms with E-state index in [0.717, 1.165) is 5.01 Å². The molecular formula is C9H16N4OS. The van der Waals surface area contributed by atoms with E-state index in [0.29, 0.717) is 17.5 Å². The zero-order valence-electron chi connectivity index (χ0n) is 9.15. The van der Waals surface area contributed by atoms with Gasteiger partial charge in [0.2, 0.25) is 11.0 Å². The highest BCUT2D eigenvalue weighted by Gasteiger charge is 2.11. The van der Waals surface area contributed by atoms with Crippen LogP contribution in [0.2, 0.25) is 0 Å². The first-order valence-electron chi connectivity index (χ1n) is 4.88. The number of nitrogens with one attached hydrogen (secondary N) is 1. The Balaban J connectivity index is 2.53. The molecule has 1 rings (SSSR count). The van der Waals surface area contributed by atoms with Crippen molar-refractivity contribution in [1.29, 1.82) is 0 Å². The molecule has 0 saturated heterocycles. The van der Waals surface area contributed by atoms with Crippen molar-refractivity contribution in [3.8, 4) is 0 Å². The molecule has 0 aliphatic rings. The minimum atomic E-state index is -0.141. The number of nitrogens with two attached hydrogens (primary N) is 1. The molecule has 15 heavy (non-hydrogen) atoms. The van der Waals surface area contributed by atoms with Gasteiger partial charge >= 0.3 is 0 Å². The second-order valence-electron chi connectivity index (χ2n) is 3.88. The minimum absolute atomic E-state index is 0.0302. The Kier molecular flexibility index (Phi) is 4.16. The van der Waals surface area contributed by atoms with E-state index in [9.17, 15) is 4.79 Å². The number of aromatic nitrogens is 2. The van der Waals surface area contributed by atoms with E-state index in [1.165, 1.54) is 11.3 Å². The first-order chi connectivity index (χ1) is 6.99. The minimum Gasteiger partial charge on any atom is -0.322 e. The van der Waals surface area contributed by atoms with Crippen LogP contribution < -0.4 is 11.1 Å². The zero-order chi connectivity index (χ0) is 11.4. The molecule has 6 heteroatoms. The Bertz CT molecular complexity index is 335. The molecule has 1 aromatic rings. The highest BCUT2D eigenvalue weighted by Crippen LogP contribution is 2.20. The lowest BCUT2D eigenvalue weighted by Gasteiger charge is -2.02. The third-order valence-electron chi connectivity index (χ3n) is 1.67. The van der Waals surface area contributed by atoms with Crippen molar-refractivity contribution >= 4 is 22.4 Å². The quantitative estimate of drug-likeness (QED) is 0.819. The fourth-order valence-electron chi connectivity index (χ4n) is 1.01. The molecule has 3 N–H and O–H groups in total. The van der Waals surface area contributed by atoms with Gasteiger partial charge in [-0.3, -0.25) is 4.79 Å². The largest absolute Gasteiger partial charge is 0.322 e. The fraction of sp³-hybridized carbons (Fsp3) is 0.667. The van der Waals surface area contributed by atoms with Crippen molar-refractivity contribution in [2.45, 2.75) is 33.2 Å². The van der Waals surface area contributed by atoms with Gasteiger partial charge in [-0.15, -0.1) is 10.2 Å². The molecule has 0 saturated carbocycles. The van der Waals surface area contributed by atoms with Crippen LogP contribution in [-0.4, -0.2) is 16.1 Å². The Morgan fingerprint density at radius 2 is 2.13 bits per heavy atom. The van der Waals surface area contributed by atoms with Gasteiger partial charge in [0.25, 0.3) is 0 Å². The van der Waals surface area contributed by atoms with Gasteiger partial charge in [0.1, 0.15) is 5.01 Å². The SMILES string of the molecule is CC(C)CC(=O)Nc1nnc(C(C)N)s1. The van der Waals surface area contributed by atoms with E-state index in [1.54, 1.807) is 0 Å². The van der Waals surface area contributed by atoms with Crippen molar-refractivity contribution in [2.24, 2.45) is 11.7 Å². The molecule has 0 radical (unpaired) electrons. The highest BCUT2D eigenvalue weighted by atomic mass is 32.1. The standard InChI is InChI=1S/C9H16N4OS/c1-5(2)4-7(14)11-9-13-12-8(15-9)6(3)10/h5-6H,4,10H2,1-3H3,(H,11,13,14). The zero-order valence-corrected chi connectivity index (χ0v) is 9.97. The van der Waals surface area contributed by atoms with Crippen LogP contribution in [0.3, 0.4) is 0 Å². The predicted molar refractivity (Wildman–Crippen MR) is 60.6 cm³/mol. The molecule has 5 nitrogen and oxygen atoms in total. The summed E-state index contributed by atoms with van der Waals surface area (Å²) >= 11 is 1.32. The normalized spacial score (nSPS) is 12.9. The van der Waals surface area contributed by atoms with Crippen LogP contribution in [-0.2, 0) is 4.79 Å². The summed E-state index contributed by atoms with van der Waals surface area (Å²) in [7, 11) is 0. The lowest BCUT2D eigenvalue weighted by atomic mass is 10.1. The first-order valence-corrected chi connectivity index (χ1v) is 5.69. The van der Waals surface area contributed by atoms with E-state index in [2.05, 4.69) is 15.5 Å². The predicted octanol–water partition coefficient (Wildman–Crippen LogP) is 1.54. The van der Waals surface area contributed by atoms with Crippen LogP contribution in [0.1, 0.15) is 38.2 Å². The van der Waals surface area contributed by atoms with Crippen LogP contribution in [0.4, 0.5) is 5.13 Å². The first kappa shape index (κ1) is 12.1. The maximum Gasteiger partial charge on any atom is 0.226 e. The second-order valence-corrected chi connectivity index (χ2v) is 4.89. The molecule has 0 aromatic carbocycles. The Hall–Kier alpha value is -1.01. The van der Waals surface area contributed by atoms with E-state index in [-0.39, 0.29) is 11.9 Å². The maximum absolute atomic E-state index is 11.4. The third-order valence-corrected chi connectivity index (χ3v) is 2.71. The lowest BCUT2D eigenvalue weighted by Crippen LogP contribution is -2.13. The summed E-state index contributed by atoms with van der Waals surface area (Å²) in [6.45, 7) is 5.82. The molecule has 0 aliphatic heterocycles. The molecule has 1 atom stereocenters. The van der Waals surface area contributed by atoms with Crippen molar-refractivity contribution in [3.63, 3.8) is 0 Å². The monoisotopic (exact) mass is 228 g/mol. The average Bonchev–Trinajstić information content (AvgIpc) is 2.50. The molecule has 1 heterocycles. The summed E-state index contributed by atoms with van der Waals surface area (Å²) in [5.41, 5.74) is 5.63. The van der Waals surface area contributed by atoms with Gasteiger partial charge in [-0.1, -0.05) is 25.2 Å². The van der Waals surface area contributed by atoms with Gasteiger partial charge in [-0.2, -0.15) is 0 Å². The summed E-state index contributed by atoms with van der Waals surface area (Å²) in [6, 6.07) is -0.141. The van der Waals surface area contributed by atoms with E-state index in [4.69, 9.17) is 5.73 Å². The molecule has 0 spiro atoms. The Morgan fingerprint density at radius 3 is 2.60 bits per heavy atom. The van der Waals surface area contributed by atoms with Gasteiger partial charge in [-0.25, -0.2) is 0 Å². The van der Waals surface area contributed by atoms with Crippen LogP contribution in [0, 0.1) is 5.92 Å². The van der Waals surface area contributed by atoms with E-state index >= 15 is 0 Å². The summed E-state index contributed by atoms with van der Waals surface area (Å²) in [5, 5.41) is 11.7. The molecule has 84 valence electrons. The van der Waals surface area contributed by atoms with Gasteiger partial charge in [-0.05, 0) is 12.8 Å². The van der Waals surface area contributed by atoms with Crippen LogP contribution in [0.25, 0.3) is 0 Å². The molecule has 0 fully saturated rings. The molecule has 0 aliphatic carbocycles. The number of amides is 1. The van der Waals surface area contributed by atoms with Crippen molar-refractivity contribution < 1.29 is 4.79 Å². The number of carbonyl (C=O) groups excluding carboxylic acids is 1. The van der Waals surface area contributed by atoms with Gasteiger partial charge in [0, 0.05) is 6.42 Å². The van der Waals surface area contributed by atoms with Crippen LogP contribution >= 0.6 is 11.3 Å². The molecule has 1 amide bonds. The van der Waals surface area contributed by atoms with Crippen molar-refractivity contribution in [1.82, 2.24) is 10.2 Å². The third kappa shape index (κ3) is 3.93. The number of hydrogen-bond acceptors (Lipinski definition) is 5. The second kappa shape index (κ2) is 5.18. The summed E-state index contributed by atoms with van der Waals surface area (Å²) in [4.78, 5) is 11.4. The van der Waals surface area contributed by atoms with Crippen LogP contribution in [0.5, 0.6) is 0 Å². The number of hydrogen-bond donors (Lipinski definition) is 2. The lowest BCUT2D eigenvalue weighted by molar-refractivity contribution is -0.116. The van der Waals surface area contributed by atoms with E-state index < -0.39 is 0 Å². The number of nitrogens with zero attached hydrogens (tertiary/aromatic N) is 2.